The van der Waals surface area contributed by atoms with Crippen LogP contribution in [0.3, 0.4) is 0 Å². The number of ether oxygens (including phenoxy) is 1. The first kappa shape index (κ1) is 15.9. The lowest BCUT2D eigenvalue weighted by Crippen LogP contribution is -2.05. The largest absolute Gasteiger partial charge is 0.497 e. The number of carbonyl (C=O) groups excluding carboxylic acids is 1. The van der Waals surface area contributed by atoms with Crippen LogP contribution in [-0.2, 0) is 6.42 Å². The van der Waals surface area contributed by atoms with Crippen molar-refractivity contribution < 1.29 is 9.53 Å². The molecule has 1 aliphatic heterocycles. The number of fused-ring (bicyclic) bond motifs is 2. The maximum Gasteiger partial charge on any atom is 0.173 e. The van der Waals surface area contributed by atoms with Crippen molar-refractivity contribution >= 4 is 39.0 Å². The molecule has 0 N–H and O–H groups in total. The summed E-state index contributed by atoms with van der Waals surface area (Å²) in [6, 6.07) is 19.9. The summed E-state index contributed by atoms with van der Waals surface area (Å²) in [7, 11) is 1.62. The van der Waals surface area contributed by atoms with Gasteiger partial charge in [0.25, 0.3) is 0 Å². The molecular formula is C21H17NO2S. The van der Waals surface area contributed by atoms with Gasteiger partial charge < -0.3 is 4.74 Å². The summed E-state index contributed by atoms with van der Waals surface area (Å²) in [4.78, 5) is 17.1. The van der Waals surface area contributed by atoms with Gasteiger partial charge in [0.05, 0.1) is 23.6 Å². The molecule has 0 aliphatic carbocycles. The quantitative estimate of drug-likeness (QED) is 0.620. The van der Waals surface area contributed by atoms with E-state index in [0.717, 1.165) is 22.9 Å². The van der Waals surface area contributed by atoms with Crippen LogP contribution in [0.1, 0.15) is 15.9 Å². The lowest BCUT2D eigenvalue weighted by Gasteiger charge is -2.03. The van der Waals surface area contributed by atoms with Crippen LogP contribution >= 0.6 is 11.8 Å². The minimum atomic E-state index is 0.108. The van der Waals surface area contributed by atoms with Gasteiger partial charge >= 0.3 is 0 Å². The lowest BCUT2D eigenvalue weighted by atomic mass is 10.0. The van der Waals surface area contributed by atoms with Crippen LogP contribution in [0.25, 0.3) is 10.8 Å². The maximum atomic E-state index is 12.3. The minimum Gasteiger partial charge on any atom is -0.497 e. The van der Waals surface area contributed by atoms with Crippen LogP contribution < -0.4 is 4.74 Å². The molecule has 0 atom stereocenters. The SMILES string of the molecule is COc1ccc(C(=O)CSC2=Nc3cc4ccccc4cc3C2)cc1. The summed E-state index contributed by atoms with van der Waals surface area (Å²) in [5, 5.41) is 3.44. The van der Waals surface area contributed by atoms with Crippen molar-refractivity contribution in [3.63, 3.8) is 0 Å². The molecule has 1 aliphatic rings. The molecule has 3 nitrogen and oxygen atoms in total. The first-order valence-electron chi connectivity index (χ1n) is 8.12. The van der Waals surface area contributed by atoms with Crippen molar-refractivity contribution in [2.24, 2.45) is 4.99 Å². The highest BCUT2D eigenvalue weighted by molar-refractivity contribution is 8.14. The second kappa shape index (κ2) is 6.73. The standard InChI is InChI=1S/C21H17NO2S/c1-24-18-8-6-14(7-9-18)20(23)13-25-21-12-17-10-15-4-2-3-5-16(15)11-19(17)22-21/h2-11H,12-13H2,1H3. The molecule has 4 heteroatoms. The number of nitrogens with zero attached hydrogens (tertiary/aromatic N) is 1. The van der Waals surface area contributed by atoms with Crippen molar-refractivity contribution in [3.05, 3.63) is 71.8 Å². The fourth-order valence-electron chi connectivity index (χ4n) is 2.95. The molecule has 0 aromatic heterocycles. The van der Waals surface area contributed by atoms with Crippen LogP contribution in [0, 0.1) is 0 Å². The van der Waals surface area contributed by atoms with Gasteiger partial charge in [0.1, 0.15) is 5.75 Å². The Morgan fingerprint density at radius 2 is 1.80 bits per heavy atom. The number of ketones is 1. The Labute approximate surface area is 150 Å². The highest BCUT2D eigenvalue weighted by Gasteiger charge is 2.17. The van der Waals surface area contributed by atoms with Crippen LogP contribution in [0.15, 0.2) is 65.7 Å². The fourth-order valence-corrected chi connectivity index (χ4v) is 3.84. The van der Waals surface area contributed by atoms with Gasteiger partial charge in [-0.1, -0.05) is 24.3 Å². The Bertz CT molecular complexity index is 977. The average molecular weight is 347 g/mol. The van der Waals surface area contributed by atoms with Gasteiger partial charge in [0.2, 0.25) is 0 Å². The molecule has 0 saturated heterocycles. The van der Waals surface area contributed by atoms with E-state index in [-0.39, 0.29) is 5.78 Å². The maximum absolute atomic E-state index is 12.3. The van der Waals surface area contributed by atoms with E-state index >= 15 is 0 Å². The first-order chi connectivity index (χ1) is 12.2. The zero-order valence-corrected chi connectivity index (χ0v) is 14.7. The zero-order valence-electron chi connectivity index (χ0n) is 13.9. The van der Waals surface area contributed by atoms with Gasteiger partial charge in [-0.2, -0.15) is 0 Å². The molecule has 0 spiro atoms. The molecular weight excluding hydrogens is 330 g/mol. The predicted molar refractivity (Wildman–Crippen MR) is 105 cm³/mol. The van der Waals surface area contributed by atoms with Gasteiger partial charge in [0.15, 0.2) is 5.78 Å². The summed E-state index contributed by atoms with van der Waals surface area (Å²) in [5.74, 6) is 1.27. The van der Waals surface area contributed by atoms with Gasteiger partial charge in [-0.25, -0.2) is 4.99 Å². The predicted octanol–water partition coefficient (Wildman–Crippen LogP) is 5.05. The van der Waals surface area contributed by atoms with Gasteiger partial charge in [-0.05, 0) is 52.7 Å². The van der Waals surface area contributed by atoms with E-state index in [2.05, 4.69) is 24.3 Å². The lowest BCUT2D eigenvalue weighted by molar-refractivity contribution is 0.102. The van der Waals surface area contributed by atoms with Crippen molar-refractivity contribution in [2.75, 3.05) is 12.9 Å². The number of hydrogen-bond donors (Lipinski definition) is 0. The number of methoxy groups -OCH3 is 1. The smallest absolute Gasteiger partial charge is 0.173 e. The minimum absolute atomic E-state index is 0.108. The molecule has 25 heavy (non-hydrogen) atoms. The molecule has 0 fully saturated rings. The molecule has 4 rings (SSSR count). The summed E-state index contributed by atoms with van der Waals surface area (Å²) >= 11 is 1.53. The van der Waals surface area contributed by atoms with E-state index in [1.54, 1.807) is 19.2 Å². The van der Waals surface area contributed by atoms with E-state index in [9.17, 15) is 4.79 Å². The zero-order chi connectivity index (χ0) is 17.2. The third kappa shape index (κ3) is 3.30. The number of carbonyl (C=O) groups is 1. The topological polar surface area (TPSA) is 38.7 Å². The first-order valence-corrected chi connectivity index (χ1v) is 9.11. The van der Waals surface area contributed by atoms with Crippen LogP contribution in [-0.4, -0.2) is 23.7 Å². The van der Waals surface area contributed by atoms with Crippen molar-refractivity contribution in [1.82, 2.24) is 0 Å². The molecule has 3 aromatic rings. The Morgan fingerprint density at radius 1 is 1.08 bits per heavy atom. The third-order valence-corrected chi connectivity index (χ3v) is 5.29. The van der Waals surface area contributed by atoms with Gasteiger partial charge in [0, 0.05) is 12.0 Å². The van der Waals surface area contributed by atoms with E-state index in [4.69, 9.17) is 9.73 Å². The monoisotopic (exact) mass is 347 g/mol. The Morgan fingerprint density at radius 3 is 2.52 bits per heavy atom. The molecule has 1 heterocycles. The summed E-state index contributed by atoms with van der Waals surface area (Å²) < 4.78 is 5.12. The van der Waals surface area contributed by atoms with E-state index in [1.807, 2.05) is 24.3 Å². The number of benzene rings is 3. The van der Waals surface area contributed by atoms with E-state index < -0.39 is 0 Å². The summed E-state index contributed by atoms with van der Waals surface area (Å²) in [6.07, 6.45) is 0.806. The van der Waals surface area contributed by atoms with Crippen molar-refractivity contribution in [3.8, 4) is 5.75 Å². The van der Waals surface area contributed by atoms with Crippen molar-refractivity contribution in [1.29, 1.82) is 0 Å². The Hall–Kier alpha value is -2.59. The summed E-state index contributed by atoms with van der Waals surface area (Å²) in [6.45, 7) is 0. The molecule has 0 bridgehead atoms. The molecule has 124 valence electrons. The van der Waals surface area contributed by atoms with Crippen LogP contribution in [0.5, 0.6) is 5.75 Å². The normalized spacial score (nSPS) is 12.8. The number of aliphatic imine (C=N–C) groups is 1. The molecule has 0 saturated carbocycles. The van der Waals surface area contributed by atoms with Crippen LogP contribution in [0.2, 0.25) is 0 Å². The highest BCUT2D eigenvalue weighted by Crippen LogP contribution is 2.34. The number of thioether (sulfide) groups is 1. The number of hydrogen-bond acceptors (Lipinski definition) is 4. The average Bonchev–Trinajstić information content (AvgIpc) is 3.06. The Kier molecular flexibility index (Phi) is 4.28. The van der Waals surface area contributed by atoms with Gasteiger partial charge in [-0.15, -0.1) is 11.8 Å². The van der Waals surface area contributed by atoms with E-state index in [0.29, 0.717) is 11.3 Å². The molecule has 0 amide bonds. The van der Waals surface area contributed by atoms with Gasteiger partial charge in [-0.3, -0.25) is 4.79 Å². The number of rotatable bonds is 4. The highest BCUT2D eigenvalue weighted by atomic mass is 32.2. The van der Waals surface area contributed by atoms with Crippen molar-refractivity contribution in [2.45, 2.75) is 6.42 Å². The second-order valence-electron chi connectivity index (χ2n) is 5.95. The molecule has 3 aromatic carbocycles. The number of Topliss-reactive ketones (excluding diaryl/α,β-unsaturated/α-hetero) is 1. The Balaban J connectivity index is 1.44. The molecule has 0 unspecified atom stereocenters. The third-order valence-electron chi connectivity index (χ3n) is 4.32. The second-order valence-corrected chi connectivity index (χ2v) is 7.00. The molecule has 0 radical (unpaired) electrons. The summed E-state index contributed by atoms with van der Waals surface area (Å²) in [5.41, 5.74) is 2.96. The van der Waals surface area contributed by atoms with E-state index in [1.165, 1.54) is 28.1 Å². The van der Waals surface area contributed by atoms with Crippen LogP contribution in [0.4, 0.5) is 5.69 Å². The fraction of sp³-hybridized carbons (Fsp3) is 0.143.